The van der Waals surface area contributed by atoms with Gasteiger partial charge in [-0.05, 0) is 12.5 Å². The Bertz CT molecular complexity index is 414. The maximum absolute atomic E-state index is 11.5. The minimum absolute atomic E-state index is 0. The molecule has 0 saturated heterocycles. The SMILES string of the molecule is CCOC(=O)[C@@H](CN)NC(=O)OCc1ccccc1.Cl. The van der Waals surface area contributed by atoms with Crippen LogP contribution in [0.4, 0.5) is 4.79 Å². The average Bonchev–Trinajstić information content (AvgIpc) is 2.44. The third-order valence-corrected chi connectivity index (χ3v) is 2.31. The lowest BCUT2D eigenvalue weighted by Gasteiger charge is -2.15. The van der Waals surface area contributed by atoms with E-state index in [1.807, 2.05) is 30.3 Å². The van der Waals surface area contributed by atoms with Crippen molar-refractivity contribution in [1.29, 1.82) is 0 Å². The molecule has 0 unspecified atom stereocenters. The van der Waals surface area contributed by atoms with Gasteiger partial charge in [-0.3, -0.25) is 0 Å². The Morgan fingerprint density at radius 2 is 1.90 bits per heavy atom. The predicted molar refractivity (Wildman–Crippen MR) is 76.5 cm³/mol. The first-order chi connectivity index (χ1) is 9.17. The van der Waals surface area contributed by atoms with Crippen LogP contribution < -0.4 is 11.1 Å². The number of hydrogen-bond acceptors (Lipinski definition) is 5. The van der Waals surface area contributed by atoms with Gasteiger partial charge >= 0.3 is 12.1 Å². The Hall–Kier alpha value is -1.79. The molecule has 1 amide bonds. The predicted octanol–water partition coefficient (Wildman–Crippen LogP) is 1.23. The van der Waals surface area contributed by atoms with Crippen molar-refractivity contribution in [3.8, 4) is 0 Å². The number of ether oxygens (including phenoxy) is 2. The van der Waals surface area contributed by atoms with Crippen molar-refractivity contribution in [2.45, 2.75) is 19.6 Å². The summed E-state index contributed by atoms with van der Waals surface area (Å²) in [6, 6.07) is 8.34. The van der Waals surface area contributed by atoms with Crippen LogP contribution in [0, 0.1) is 0 Å². The highest BCUT2D eigenvalue weighted by Crippen LogP contribution is 2.00. The van der Waals surface area contributed by atoms with Crippen LogP contribution in [0.25, 0.3) is 0 Å². The summed E-state index contributed by atoms with van der Waals surface area (Å²) in [7, 11) is 0. The van der Waals surface area contributed by atoms with Crippen LogP contribution in [0.2, 0.25) is 0 Å². The van der Waals surface area contributed by atoms with E-state index in [1.165, 1.54) is 0 Å². The topological polar surface area (TPSA) is 90.6 Å². The van der Waals surface area contributed by atoms with Gasteiger partial charge in [0.05, 0.1) is 6.61 Å². The molecule has 0 aromatic heterocycles. The normalized spacial score (nSPS) is 10.9. The van der Waals surface area contributed by atoms with E-state index in [1.54, 1.807) is 6.92 Å². The number of carbonyl (C=O) groups excluding carboxylic acids is 2. The fourth-order valence-corrected chi connectivity index (χ4v) is 1.36. The summed E-state index contributed by atoms with van der Waals surface area (Å²) in [5.74, 6) is -0.568. The van der Waals surface area contributed by atoms with E-state index in [0.29, 0.717) is 0 Å². The Morgan fingerprint density at radius 3 is 2.45 bits per heavy atom. The molecule has 0 saturated carbocycles. The second kappa shape index (κ2) is 10.1. The Balaban J connectivity index is 0.00000361. The quantitative estimate of drug-likeness (QED) is 0.771. The number of nitrogens with one attached hydrogen (secondary N) is 1. The minimum Gasteiger partial charge on any atom is -0.464 e. The van der Waals surface area contributed by atoms with Gasteiger partial charge in [0.15, 0.2) is 0 Å². The molecule has 0 aliphatic carbocycles. The zero-order valence-electron chi connectivity index (χ0n) is 11.2. The summed E-state index contributed by atoms with van der Waals surface area (Å²) < 4.78 is 9.74. The van der Waals surface area contributed by atoms with E-state index in [2.05, 4.69) is 5.32 Å². The third-order valence-electron chi connectivity index (χ3n) is 2.31. The summed E-state index contributed by atoms with van der Waals surface area (Å²) >= 11 is 0. The van der Waals surface area contributed by atoms with Crippen molar-refractivity contribution in [3.63, 3.8) is 0 Å². The molecule has 0 spiro atoms. The molecular formula is C13H19ClN2O4. The largest absolute Gasteiger partial charge is 0.464 e. The number of halogens is 1. The molecule has 3 N–H and O–H groups in total. The van der Waals surface area contributed by atoms with Gasteiger partial charge in [-0.1, -0.05) is 30.3 Å². The van der Waals surface area contributed by atoms with Gasteiger partial charge in [0.2, 0.25) is 0 Å². The van der Waals surface area contributed by atoms with Crippen molar-refractivity contribution in [2.75, 3.05) is 13.2 Å². The fourth-order valence-electron chi connectivity index (χ4n) is 1.36. The lowest BCUT2D eigenvalue weighted by molar-refractivity contribution is -0.145. The highest BCUT2D eigenvalue weighted by atomic mass is 35.5. The summed E-state index contributed by atoms with van der Waals surface area (Å²) in [5, 5.41) is 2.36. The maximum Gasteiger partial charge on any atom is 0.408 e. The van der Waals surface area contributed by atoms with Crippen molar-refractivity contribution in [2.24, 2.45) is 5.73 Å². The highest BCUT2D eigenvalue weighted by Gasteiger charge is 2.20. The van der Waals surface area contributed by atoms with Crippen molar-refractivity contribution in [1.82, 2.24) is 5.32 Å². The smallest absolute Gasteiger partial charge is 0.408 e. The molecule has 1 aromatic rings. The van der Waals surface area contributed by atoms with Crippen molar-refractivity contribution < 1.29 is 19.1 Å². The standard InChI is InChI=1S/C13H18N2O4.ClH/c1-2-18-12(16)11(8-14)15-13(17)19-9-10-6-4-3-5-7-10;/h3-7,11H,2,8-9,14H2,1H3,(H,15,17);1H/t11-;/m1./s1. The molecule has 7 heteroatoms. The van der Waals surface area contributed by atoms with Gasteiger partial charge < -0.3 is 20.5 Å². The molecule has 0 heterocycles. The molecule has 6 nitrogen and oxygen atoms in total. The Morgan fingerprint density at radius 1 is 1.25 bits per heavy atom. The van der Waals surface area contributed by atoms with Crippen LogP contribution in [-0.2, 0) is 20.9 Å². The van der Waals surface area contributed by atoms with E-state index >= 15 is 0 Å². The minimum atomic E-state index is -0.886. The first-order valence-electron chi connectivity index (χ1n) is 6.01. The number of rotatable bonds is 6. The van der Waals surface area contributed by atoms with Crippen molar-refractivity contribution >= 4 is 24.5 Å². The number of alkyl carbamates (subject to hydrolysis) is 1. The number of hydrogen-bond donors (Lipinski definition) is 2. The molecule has 20 heavy (non-hydrogen) atoms. The molecule has 0 fully saturated rings. The van der Waals surface area contributed by atoms with E-state index < -0.39 is 18.1 Å². The van der Waals surface area contributed by atoms with E-state index in [-0.39, 0.29) is 32.2 Å². The summed E-state index contributed by atoms with van der Waals surface area (Å²) in [5.41, 5.74) is 6.25. The number of benzene rings is 1. The van der Waals surface area contributed by atoms with E-state index in [4.69, 9.17) is 15.2 Å². The highest BCUT2D eigenvalue weighted by molar-refractivity contribution is 5.85. The number of nitrogens with two attached hydrogens (primary N) is 1. The van der Waals surface area contributed by atoms with Gasteiger partial charge in [0.25, 0.3) is 0 Å². The van der Waals surface area contributed by atoms with Crippen LogP contribution in [0.5, 0.6) is 0 Å². The molecule has 1 aromatic carbocycles. The zero-order chi connectivity index (χ0) is 14.1. The summed E-state index contributed by atoms with van der Waals surface area (Å²) in [4.78, 5) is 22.9. The Kier molecular flexibility index (Phi) is 9.15. The summed E-state index contributed by atoms with van der Waals surface area (Å²) in [6.07, 6.45) is -0.702. The van der Waals surface area contributed by atoms with Gasteiger partial charge in [-0.15, -0.1) is 12.4 Å². The fraction of sp³-hybridized carbons (Fsp3) is 0.385. The summed E-state index contributed by atoms with van der Waals surface area (Å²) in [6.45, 7) is 2.00. The number of carbonyl (C=O) groups is 2. The van der Waals surface area contributed by atoms with E-state index in [0.717, 1.165) is 5.56 Å². The Labute approximate surface area is 124 Å². The van der Waals surface area contributed by atoms with Crippen LogP contribution in [0.15, 0.2) is 30.3 Å². The van der Waals surface area contributed by atoms with Crippen LogP contribution in [0.3, 0.4) is 0 Å². The van der Waals surface area contributed by atoms with Crippen molar-refractivity contribution in [3.05, 3.63) is 35.9 Å². The molecule has 0 radical (unpaired) electrons. The average molecular weight is 303 g/mol. The van der Waals surface area contributed by atoms with Crippen LogP contribution in [0.1, 0.15) is 12.5 Å². The first kappa shape index (κ1) is 18.2. The zero-order valence-corrected chi connectivity index (χ0v) is 12.0. The van der Waals surface area contributed by atoms with Gasteiger partial charge in [-0.25, -0.2) is 9.59 Å². The van der Waals surface area contributed by atoms with Gasteiger partial charge in [-0.2, -0.15) is 0 Å². The molecule has 0 aliphatic heterocycles. The third kappa shape index (κ3) is 6.40. The molecule has 1 atom stereocenters. The van der Waals surface area contributed by atoms with Gasteiger partial charge in [0.1, 0.15) is 12.6 Å². The molecule has 0 bridgehead atoms. The maximum atomic E-state index is 11.5. The lowest BCUT2D eigenvalue weighted by atomic mass is 10.2. The lowest BCUT2D eigenvalue weighted by Crippen LogP contribution is -2.46. The molecule has 112 valence electrons. The second-order valence-electron chi connectivity index (χ2n) is 3.75. The van der Waals surface area contributed by atoms with Crippen LogP contribution >= 0.6 is 12.4 Å². The molecule has 0 aliphatic rings. The van der Waals surface area contributed by atoms with Crippen LogP contribution in [-0.4, -0.2) is 31.3 Å². The second-order valence-corrected chi connectivity index (χ2v) is 3.75. The van der Waals surface area contributed by atoms with Gasteiger partial charge in [0, 0.05) is 6.54 Å². The van der Waals surface area contributed by atoms with E-state index in [9.17, 15) is 9.59 Å². The number of esters is 1. The molecular weight excluding hydrogens is 284 g/mol. The monoisotopic (exact) mass is 302 g/mol. The number of amides is 1. The molecule has 1 rings (SSSR count). The first-order valence-corrected chi connectivity index (χ1v) is 6.01.